The number of methoxy groups -OCH3 is 1. The van der Waals surface area contributed by atoms with Gasteiger partial charge in [-0.15, -0.1) is 0 Å². The maximum Gasteiger partial charge on any atom is 0.265 e. The van der Waals surface area contributed by atoms with Crippen molar-refractivity contribution in [3.63, 3.8) is 0 Å². The molecule has 0 saturated carbocycles. The molecular formula is C22H26N2O5S. The number of anilines is 2. The van der Waals surface area contributed by atoms with Gasteiger partial charge in [0.1, 0.15) is 16.7 Å². The summed E-state index contributed by atoms with van der Waals surface area (Å²) in [5.41, 5.74) is 3.97. The van der Waals surface area contributed by atoms with Crippen LogP contribution in [0.3, 0.4) is 0 Å². The zero-order chi connectivity index (χ0) is 21.5. The van der Waals surface area contributed by atoms with Crippen molar-refractivity contribution < 1.29 is 22.7 Å². The second kappa shape index (κ2) is 7.92. The Bertz CT molecular complexity index is 1090. The van der Waals surface area contributed by atoms with Gasteiger partial charge in [-0.3, -0.25) is 9.52 Å². The molecule has 8 heteroatoms. The first-order valence-electron chi connectivity index (χ1n) is 10.0. The Kier molecular flexibility index (Phi) is 5.46. The number of hydrogen-bond acceptors (Lipinski definition) is 5. The van der Waals surface area contributed by atoms with Crippen molar-refractivity contribution in [1.29, 1.82) is 0 Å². The largest absolute Gasteiger partial charge is 0.495 e. The first kappa shape index (κ1) is 20.7. The molecule has 2 heterocycles. The van der Waals surface area contributed by atoms with Crippen LogP contribution in [-0.2, 0) is 26.0 Å². The van der Waals surface area contributed by atoms with E-state index < -0.39 is 16.1 Å². The Labute approximate surface area is 177 Å². The third-order valence-corrected chi connectivity index (χ3v) is 7.18. The minimum atomic E-state index is -3.87. The molecule has 1 atom stereocenters. The van der Waals surface area contributed by atoms with E-state index in [1.165, 1.54) is 7.11 Å². The van der Waals surface area contributed by atoms with Crippen molar-refractivity contribution in [3.05, 3.63) is 47.0 Å². The van der Waals surface area contributed by atoms with E-state index in [-0.39, 0.29) is 10.8 Å². The van der Waals surface area contributed by atoms with E-state index in [0.29, 0.717) is 24.6 Å². The van der Waals surface area contributed by atoms with E-state index in [1.54, 1.807) is 29.2 Å². The van der Waals surface area contributed by atoms with Crippen LogP contribution in [0.2, 0.25) is 0 Å². The highest BCUT2D eigenvalue weighted by Crippen LogP contribution is 2.34. The number of aryl methyl sites for hydroxylation is 2. The maximum atomic E-state index is 13.1. The average Bonchev–Trinajstić information content (AvgIpc) is 3.38. The van der Waals surface area contributed by atoms with Crippen LogP contribution in [-0.4, -0.2) is 40.7 Å². The van der Waals surface area contributed by atoms with Gasteiger partial charge in [0.2, 0.25) is 0 Å². The third-order valence-electron chi connectivity index (χ3n) is 5.77. The predicted octanol–water partition coefficient (Wildman–Crippen LogP) is 3.18. The van der Waals surface area contributed by atoms with Crippen LogP contribution in [0.1, 0.15) is 29.5 Å². The van der Waals surface area contributed by atoms with E-state index >= 15 is 0 Å². The first-order chi connectivity index (χ1) is 14.3. The fourth-order valence-electron chi connectivity index (χ4n) is 3.96. The van der Waals surface area contributed by atoms with Gasteiger partial charge >= 0.3 is 0 Å². The summed E-state index contributed by atoms with van der Waals surface area (Å²) in [6.45, 7) is 4.95. The van der Waals surface area contributed by atoms with Gasteiger partial charge in [-0.2, -0.15) is 0 Å². The van der Waals surface area contributed by atoms with Crippen molar-refractivity contribution in [1.82, 2.24) is 0 Å². The highest BCUT2D eigenvalue weighted by Gasteiger charge is 2.33. The number of rotatable bonds is 5. The number of ether oxygens (including phenoxy) is 2. The summed E-state index contributed by atoms with van der Waals surface area (Å²) in [6, 6.07) is 8.64. The van der Waals surface area contributed by atoms with Crippen LogP contribution >= 0.6 is 0 Å². The average molecular weight is 431 g/mol. The first-order valence-corrected chi connectivity index (χ1v) is 11.5. The smallest absolute Gasteiger partial charge is 0.265 e. The molecule has 7 nitrogen and oxygen atoms in total. The zero-order valence-corrected chi connectivity index (χ0v) is 18.2. The molecule has 4 rings (SSSR count). The number of hydrogen-bond donors (Lipinski definition) is 1. The highest BCUT2D eigenvalue weighted by atomic mass is 32.2. The van der Waals surface area contributed by atoms with E-state index in [4.69, 9.17) is 9.47 Å². The molecule has 1 N–H and O–H groups in total. The van der Waals surface area contributed by atoms with Gasteiger partial charge in [0.25, 0.3) is 15.9 Å². The van der Waals surface area contributed by atoms with Crippen LogP contribution < -0.4 is 14.4 Å². The lowest BCUT2D eigenvalue weighted by molar-refractivity contribution is -0.127. The van der Waals surface area contributed by atoms with Gasteiger partial charge in [-0.05, 0) is 74.1 Å². The van der Waals surface area contributed by atoms with E-state index in [2.05, 4.69) is 4.72 Å². The molecule has 30 heavy (non-hydrogen) atoms. The Morgan fingerprint density at radius 3 is 2.67 bits per heavy atom. The van der Waals surface area contributed by atoms with E-state index in [1.807, 2.05) is 19.9 Å². The van der Waals surface area contributed by atoms with Gasteiger partial charge in [0.15, 0.2) is 0 Å². The Morgan fingerprint density at radius 2 is 1.97 bits per heavy atom. The SMILES string of the molecule is COc1cc(C)c(C)cc1S(=O)(=O)Nc1ccc2c(c1)N(C(=O)[C@H]1CCCO1)CC2. The molecule has 2 aromatic carbocycles. The van der Waals surface area contributed by atoms with Gasteiger partial charge in [-0.25, -0.2) is 8.42 Å². The standard InChI is InChI=1S/C22H26N2O5S/c1-14-11-20(28-3)21(12-15(14)2)30(26,27)23-17-7-6-16-8-9-24(18(16)13-17)22(25)19-5-4-10-29-19/h6-7,11-13,19,23H,4-5,8-10H2,1-3H3/t19-/m1/s1. The van der Waals surface area contributed by atoms with Crippen LogP contribution in [0.15, 0.2) is 35.2 Å². The van der Waals surface area contributed by atoms with Crippen molar-refractivity contribution >= 4 is 27.3 Å². The van der Waals surface area contributed by atoms with Crippen LogP contribution in [0.25, 0.3) is 0 Å². The lowest BCUT2D eigenvalue weighted by Crippen LogP contribution is -2.37. The number of sulfonamides is 1. The summed E-state index contributed by atoms with van der Waals surface area (Å²) in [5.74, 6) is 0.240. The number of carbonyl (C=O) groups excluding carboxylic acids is 1. The fraction of sp³-hybridized carbons (Fsp3) is 0.409. The molecule has 1 fully saturated rings. The summed E-state index contributed by atoms with van der Waals surface area (Å²) in [7, 11) is -2.42. The Hall–Kier alpha value is -2.58. The van der Waals surface area contributed by atoms with E-state index in [0.717, 1.165) is 41.6 Å². The summed E-state index contributed by atoms with van der Waals surface area (Å²) in [6.07, 6.45) is 1.94. The highest BCUT2D eigenvalue weighted by molar-refractivity contribution is 7.92. The van der Waals surface area contributed by atoms with Gasteiger partial charge in [0.05, 0.1) is 12.8 Å². The molecule has 0 radical (unpaired) electrons. The van der Waals surface area contributed by atoms with Crippen molar-refractivity contribution in [3.8, 4) is 5.75 Å². The Balaban J connectivity index is 1.63. The minimum Gasteiger partial charge on any atom is -0.495 e. The molecule has 2 aromatic rings. The topological polar surface area (TPSA) is 84.9 Å². The number of nitrogens with zero attached hydrogens (tertiary/aromatic N) is 1. The third kappa shape index (κ3) is 3.77. The fourth-order valence-corrected chi connectivity index (χ4v) is 5.25. The summed E-state index contributed by atoms with van der Waals surface area (Å²) in [4.78, 5) is 14.6. The van der Waals surface area contributed by atoms with Crippen molar-refractivity contribution in [2.75, 3.05) is 29.9 Å². The lowest BCUT2D eigenvalue weighted by Gasteiger charge is -2.21. The molecule has 0 bridgehead atoms. The monoisotopic (exact) mass is 430 g/mol. The molecule has 2 aliphatic rings. The van der Waals surface area contributed by atoms with Crippen LogP contribution in [0.5, 0.6) is 5.75 Å². The second-order valence-electron chi connectivity index (χ2n) is 7.78. The number of fused-ring (bicyclic) bond motifs is 1. The molecule has 2 aliphatic heterocycles. The molecule has 0 spiro atoms. The molecule has 1 saturated heterocycles. The summed E-state index contributed by atoms with van der Waals surface area (Å²) in [5, 5.41) is 0. The second-order valence-corrected chi connectivity index (χ2v) is 9.43. The minimum absolute atomic E-state index is 0.0536. The zero-order valence-electron chi connectivity index (χ0n) is 17.4. The van der Waals surface area contributed by atoms with Gasteiger partial charge in [-0.1, -0.05) is 6.07 Å². The quantitative estimate of drug-likeness (QED) is 0.788. The number of carbonyl (C=O) groups is 1. The molecule has 1 amide bonds. The van der Waals surface area contributed by atoms with Crippen LogP contribution in [0.4, 0.5) is 11.4 Å². The molecule has 0 aliphatic carbocycles. The van der Waals surface area contributed by atoms with E-state index in [9.17, 15) is 13.2 Å². The summed E-state index contributed by atoms with van der Waals surface area (Å²) >= 11 is 0. The van der Waals surface area contributed by atoms with Crippen molar-refractivity contribution in [2.24, 2.45) is 0 Å². The maximum absolute atomic E-state index is 13.1. The molecular weight excluding hydrogens is 404 g/mol. The Morgan fingerprint density at radius 1 is 1.20 bits per heavy atom. The lowest BCUT2D eigenvalue weighted by atomic mass is 10.1. The molecule has 160 valence electrons. The van der Waals surface area contributed by atoms with Crippen LogP contribution in [0, 0.1) is 13.8 Å². The number of amides is 1. The van der Waals surface area contributed by atoms with Crippen molar-refractivity contribution in [2.45, 2.75) is 44.1 Å². The summed E-state index contributed by atoms with van der Waals surface area (Å²) < 4.78 is 39.6. The number of benzene rings is 2. The predicted molar refractivity (Wildman–Crippen MR) is 115 cm³/mol. The van der Waals surface area contributed by atoms with Gasteiger partial charge < -0.3 is 14.4 Å². The molecule has 0 unspecified atom stereocenters. The normalized spacial score (nSPS) is 18.4. The molecule has 0 aromatic heterocycles. The number of nitrogens with one attached hydrogen (secondary N) is 1. The van der Waals surface area contributed by atoms with Gasteiger partial charge in [0, 0.05) is 18.8 Å².